The van der Waals surface area contributed by atoms with Crippen LogP contribution in [0.1, 0.15) is 0 Å². The van der Waals surface area contributed by atoms with E-state index in [1.54, 1.807) is 103 Å². The first-order valence-corrected chi connectivity index (χ1v) is 14.0. The van der Waals surface area contributed by atoms with Crippen LogP contribution in [0.25, 0.3) is 10.8 Å². The lowest BCUT2D eigenvalue weighted by atomic mass is 10.1. The van der Waals surface area contributed by atoms with Crippen LogP contribution >= 0.6 is 10.3 Å². The molecule has 0 aliphatic carbocycles. The average Bonchev–Trinajstić information content (AvgIpc) is 2.94. The topological polar surface area (TPSA) is 43.4 Å². The van der Waals surface area contributed by atoms with Gasteiger partial charge in [0.1, 0.15) is 0 Å². The van der Waals surface area contributed by atoms with Crippen molar-refractivity contribution in [3.05, 3.63) is 132 Å². The van der Waals surface area contributed by atoms with Crippen LogP contribution in [0.4, 0.5) is 22.0 Å². The maximum atomic E-state index is 14.8. The Labute approximate surface area is 216 Å². The first-order chi connectivity index (χ1) is 18.2. The Kier molecular flexibility index (Phi) is 6.72. The molecule has 0 aromatic heterocycles. The van der Waals surface area contributed by atoms with Gasteiger partial charge < -0.3 is 0 Å². The second-order valence-corrected chi connectivity index (χ2v) is 12.4. The third-order valence-corrected chi connectivity index (χ3v) is 11.1. The number of hydrogen-bond donors (Lipinski definition) is 0. The van der Waals surface area contributed by atoms with Crippen LogP contribution in [-0.2, 0) is 13.7 Å². The summed E-state index contributed by atoms with van der Waals surface area (Å²) in [6, 6.07) is 28.3. The summed E-state index contributed by atoms with van der Waals surface area (Å²) in [5.74, 6) is -12.3. The molecule has 194 valence electrons. The number of benzene rings is 5. The quantitative estimate of drug-likeness (QED) is 0.120. The van der Waals surface area contributed by atoms with Crippen molar-refractivity contribution in [2.75, 3.05) is 0 Å². The summed E-state index contributed by atoms with van der Waals surface area (Å²) in [5.41, 5.74) is 0. The predicted octanol–water partition coefficient (Wildman–Crippen LogP) is 8.14. The molecule has 0 saturated heterocycles. The molecule has 0 radical (unpaired) electrons. The summed E-state index contributed by atoms with van der Waals surface area (Å²) in [4.78, 5) is -1.08. The molecule has 10 heteroatoms. The van der Waals surface area contributed by atoms with E-state index in [1.807, 2.05) is 0 Å². The fraction of sp³-hybridized carbons (Fsp3) is 0. The normalized spacial score (nSPS) is 12.6. The van der Waals surface area contributed by atoms with Gasteiger partial charge in [0.2, 0.25) is 5.82 Å². The monoisotopic (exact) mass is 560 g/mol. The van der Waals surface area contributed by atoms with Crippen LogP contribution in [-0.4, -0.2) is 8.42 Å². The molecule has 3 nitrogen and oxygen atoms in total. The van der Waals surface area contributed by atoms with E-state index in [2.05, 4.69) is 0 Å². The van der Waals surface area contributed by atoms with Crippen molar-refractivity contribution in [2.24, 2.45) is 0 Å². The van der Waals surface area contributed by atoms with Gasteiger partial charge in [-0.05, 0) is 51.4 Å². The van der Waals surface area contributed by atoms with Crippen molar-refractivity contribution in [1.82, 2.24) is 0 Å². The molecule has 0 atom stereocenters. The van der Waals surface area contributed by atoms with Crippen molar-refractivity contribution in [2.45, 2.75) is 19.6 Å². The second kappa shape index (κ2) is 9.86. The van der Waals surface area contributed by atoms with Gasteiger partial charge in [-0.1, -0.05) is 72.8 Å². The molecule has 0 amide bonds. The summed E-state index contributed by atoms with van der Waals surface area (Å²) in [5, 5.41) is 1.29. The highest BCUT2D eigenvalue weighted by Crippen LogP contribution is 2.71. The molecule has 5 aromatic carbocycles. The largest absolute Gasteiger partial charge is 0.313 e. The van der Waals surface area contributed by atoms with Crippen LogP contribution < -0.4 is 0 Å². The lowest BCUT2D eigenvalue weighted by Gasteiger charge is -2.40. The fourth-order valence-electron chi connectivity index (χ4n) is 4.15. The number of hydrogen-bond acceptors (Lipinski definition) is 3. The van der Waals surface area contributed by atoms with Gasteiger partial charge in [0, 0.05) is 14.7 Å². The van der Waals surface area contributed by atoms with E-state index in [1.165, 1.54) is 0 Å². The first kappa shape index (κ1) is 25.9. The summed E-state index contributed by atoms with van der Waals surface area (Å²) in [6.45, 7) is 0. The molecule has 0 saturated carbocycles. The van der Waals surface area contributed by atoms with Gasteiger partial charge in [0.15, 0.2) is 28.2 Å². The van der Waals surface area contributed by atoms with E-state index < -0.39 is 54.4 Å². The van der Waals surface area contributed by atoms with E-state index in [4.69, 9.17) is 3.63 Å². The van der Waals surface area contributed by atoms with Gasteiger partial charge in [-0.25, -0.2) is 25.6 Å². The summed E-state index contributed by atoms with van der Waals surface area (Å²) < 4.78 is 104. The maximum absolute atomic E-state index is 14.8. The number of halogens is 5. The van der Waals surface area contributed by atoms with Crippen LogP contribution in [0.3, 0.4) is 0 Å². The Bertz CT molecular complexity index is 1690. The van der Waals surface area contributed by atoms with Gasteiger partial charge in [0.05, 0.1) is 0 Å². The molecule has 38 heavy (non-hydrogen) atoms. The number of rotatable bonds is 6. The lowest BCUT2D eigenvalue weighted by Crippen LogP contribution is -2.19. The zero-order valence-electron chi connectivity index (χ0n) is 19.2. The zero-order chi connectivity index (χ0) is 27.1. The van der Waals surface area contributed by atoms with E-state index in [9.17, 15) is 30.4 Å². The van der Waals surface area contributed by atoms with Crippen LogP contribution in [0, 0.1) is 29.1 Å². The van der Waals surface area contributed by atoms with E-state index in [0.29, 0.717) is 25.5 Å². The van der Waals surface area contributed by atoms with Gasteiger partial charge in [-0.3, -0.25) is 0 Å². The van der Waals surface area contributed by atoms with Gasteiger partial charge in [-0.2, -0.15) is 8.42 Å². The van der Waals surface area contributed by atoms with E-state index in [-0.39, 0.29) is 0 Å². The predicted molar refractivity (Wildman–Crippen MR) is 134 cm³/mol. The van der Waals surface area contributed by atoms with Gasteiger partial charge in [-0.15, -0.1) is 0 Å². The maximum Gasteiger partial charge on any atom is 0.313 e. The fourth-order valence-corrected chi connectivity index (χ4v) is 9.66. The van der Waals surface area contributed by atoms with Crippen molar-refractivity contribution in [3.63, 3.8) is 0 Å². The number of fused-ring (bicyclic) bond motifs is 1. The molecule has 0 fully saturated rings. The molecular weight excluding hydrogens is 543 g/mol. The molecule has 0 unspecified atom stereocenters. The highest BCUT2D eigenvalue weighted by molar-refractivity contribution is 8.33. The molecule has 0 bridgehead atoms. The minimum absolute atomic E-state index is 0.315. The summed E-state index contributed by atoms with van der Waals surface area (Å²) >= 11 is 0. The van der Waals surface area contributed by atoms with Crippen molar-refractivity contribution in [3.8, 4) is 0 Å². The second-order valence-electron chi connectivity index (χ2n) is 8.08. The highest BCUT2D eigenvalue weighted by atomic mass is 32.3. The third-order valence-electron chi connectivity index (χ3n) is 5.82. The smallest absolute Gasteiger partial charge is 0.203 e. The van der Waals surface area contributed by atoms with Crippen molar-refractivity contribution in [1.29, 1.82) is 0 Å². The molecule has 0 aliphatic heterocycles. The Morgan fingerprint density at radius 1 is 0.500 bits per heavy atom. The first-order valence-electron chi connectivity index (χ1n) is 11.1. The van der Waals surface area contributed by atoms with Crippen molar-refractivity contribution < 1.29 is 34.0 Å². The molecule has 0 aliphatic rings. The highest BCUT2D eigenvalue weighted by Gasteiger charge is 2.43. The van der Waals surface area contributed by atoms with E-state index in [0.717, 1.165) is 0 Å². The molecule has 0 heterocycles. The minimum atomic E-state index is -5.61. The zero-order valence-corrected chi connectivity index (χ0v) is 20.9. The van der Waals surface area contributed by atoms with Crippen molar-refractivity contribution >= 4 is 31.2 Å². The molecule has 5 aromatic rings. The molecule has 0 N–H and O–H groups in total. The summed E-state index contributed by atoms with van der Waals surface area (Å²) in [7, 11) is -9.01. The lowest BCUT2D eigenvalue weighted by molar-refractivity contribution is 0.354. The van der Waals surface area contributed by atoms with Crippen LogP contribution in [0.15, 0.2) is 123 Å². The van der Waals surface area contributed by atoms with Crippen LogP contribution in [0.5, 0.6) is 0 Å². The molecule has 5 rings (SSSR count). The average molecular weight is 561 g/mol. The van der Waals surface area contributed by atoms with Gasteiger partial charge >= 0.3 is 10.1 Å². The molecular formula is C28H17F5O3S2. The Morgan fingerprint density at radius 3 is 1.50 bits per heavy atom. The minimum Gasteiger partial charge on any atom is -0.203 e. The Hall–Kier alpha value is -3.73. The van der Waals surface area contributed by atoms with E-state index >= 15 is 0 Å². The standard InChI is InChI=1S/C28H17F5O3S2/c29-23-24(30)26(32)28(27(33)25(23)31)38(34,35)36-37(19-12-3-1-4-13-19,20-14-5-2-6-15-20)22-17-9-11-18-10-7-8-16-21(18)22/h1-17H. The Balaban J connectivity index is 1.90. The SMILES string of the molecule is O=S(=O)(OS(c1ccccc1)(c1ccccc1)c1cccc2ccccc12)c1c(F)c(F)c(F)c(F)c1F. The Morgan fingerprint density at radius 2 is 0.947 bits per heavy atom. The van der Waals surface area contributed by atoms with Crippen LogP contribution in [0.2, 0.25) is 0 Å². The van der Waals surface area contributed by atoms with Gasteiger partial charge in [0.25, 0.3) is 0 Å². The summed E-state index contributed by atoms with van der Waals surface area (Å²) in [6.07, 6.45) is 0. The molecule has 0 spiro atoms. The third kappa shape index (κ3) is 4.14.